The number of hydrogen-bond acceptors (Lipinski definition) is 5. The van der Waals surface area contributed by atoms with E-state index in [4.69, 9.17) is 5.10 Å². The van der Waals surface area contributed by atoms with Crippen molar-refractivity contribution in [3.05, 3.63) is 18.0 Å². The molecule has 6 nitrogen and oxygen atoms in total. The fourth-order valence-corrected chi connectivity index (χ4v) is 2.87. The summed E-state index contributed by atoms with van der Waals surface area (Å²) in [6, 6.07) is 3.95. The average molecular weight is 289 g/mol. The third-order valence-corrected chi connectivity index (χ3v) is 4.25. The first-order chi connectivity index (χ1) is 9.90. The summed E-state index contributed by atoms with van der Waals surface area (Å²) in [6.07, 6.45) is 0. The molecule has 3 heterocycles. The Morgan fingerprint density at radius 3 is 2.62 bits per heavy atom. The lowest BCUT2D eigenvalue weighted by atomic mass is 9.96. The summed E-state index contributed by atoms with van der Waals surface area (Å²) in [5.74, 6) is 2.60. The lowest BCUT2D eigenvalue weighted by Crippen LogP contribution is -2.23. The highest BCUT2D eigenvalue weighted by Gasteiger charge is 2.30. The van der Waals surface area contributed by atoms with Gasteiger partial charge in [0.1, 0.15) is 5.82 Å². The van der Waals surface area contributed by atoms with E-state index in [-0.39, 0.29) is 12.0 Å². The molecule has 0 spiro atoms. The zero-order valence-corrected chi connectivity index (χ0v) is 13.1. The van der Waals surface area contributed by atoms with E-state index in [0.29, 0.717) is 11.8 Å². The molecule has 114 valence electrons. The van der Waals surface area contributed by atoms with Crippen molar-refractivity contribution >= 4 is 11.5 Å². The third-order valence-electron chi connectivity index (χ3n) is 4.25. The monoisotopic (exact) mass is 289 g/mol. The molecule has 1 fully saturated rings. The maximum Gasteiger partial charge on any atom is 0.178 e. The van der Waals surface area contributed by atoms with Gasteiger partial charge in [-0.05, 0) is 18.1 Å². The Hall–Kier alpha value is -1.69. The molecule has 0 radical (unpaired) electrons. The number of anilines is 1. The van der Waals surface area contributed by atoms with Gasteiger partial charge in [0.2, 0.25) is 0 Å². The molecular weight excluding hydrogens is 266 g/mol. The first-order valence-corrected chi connectivity index (χ1v) is 7.49. The molecule has 2 aromatic heterocycles. The molecular formula is C15H23N5O. The third kappa shape index (κ3) is 2.48. The van der Waals surface area contributed by atoms with Crippen LogP contribution >= 0.6 is 0 Å². The summed E-state index contributed by atoms with van der Waals surface area (Å²) >= 11 is 0. The normalized spacial score (nSPS) is 23.2. The van der Waals surface area contributed by atoms with Gasteiger partial charge < -0.3 is 10.0 Å². The Bertz CT molecular complexity index is 645. The number of aromatic nitrogens is 4. The van der Waals surface area contributed by atoms with E-state index < -0.39 is 0 Å². The Morgan fingerprint density at radius 1 is 1.24 bits per heavy atom. The van der Waals surface area contributed by atoms with E-state index in [9.17, 15) is 5.11 Å². The molecule has 2 aromatic rings. The van der Waals surface area contributed by atoms with Crippen LogP contribution in [0.5, 0.6) is 0 Å². The summed E-state index contributed by atoms with van der Waals surface area (Å²) in [5.41, 5.74) is 0.673. The van der Waals surface area contributed by atoms with Crippen molar-refractivity contribution < 1.29 is 5.11 Å². The van der Waals surface area contributed by atoms with Crippen LogP contribution in [0.4, 0.5) is 5.82 Å². The number of hydrogen-bond donors (Lipinski definition) is 1. The topological polar surface area (TPSA) is 66.6 Å². The molecule has 3 rings (SSSR count). The van der Waals surface area contributed by atoms with Gasteiger partial charge in [0.15, 0.2) is 11.5 Å². The minimum atomic E-state index is -0.100. The van der Waals surface area contributed by atoms with Crippen molar-refractivity contribution in [3.8, 4) is 0 Å². The summed E-state index contributed by atoms with van der Waals surface area (Å²) in [4.78, 5) is 2.23. The minimum absolute atomic E-state index is 0.100. The van der Waals surface area contributed by atoms with E-state index in [2.05, 4.69) is 42.8 Å². The van der Waals surface area contributed by atoms with Crippen molar-refractivity contribution in [2.75, 3.05) is 24.6 Å². The zero-order chi connectivity index (χ0) is 15.2. The molecule has 0 aromatic carbocycles. The molecule has 0 unspecified atom stereocenters. The van der Waals surface area contributed by atoms with Crippen LogP contribution in [0.1, 0.15) is 33.5 Å². The molecule has 1 aliphatic rings. The molecule has 21 heavy (non-hydrogen) atoms. The van der Waals surface area contributed by atoms with Gasteiger partial charge in [-0.15, -0.1) is 15.3 Å². The van der Waals surface area contributed by atoms with Crippen LogP contribution in [0.3, 0.4) is 0 Å². The molecule has 1 aliphatic heterocycles. The van der Waals surface area contributed by atoms with Gasteiger partial charge in [-0.3, -0.25) is 0 Å². The fourth-order valence-electron chi connectivity index (χ4n) is 2.87. The Labute approximate surface area is 124 Å². The van der Waals surface area contributed by atoms with E-state index in [0.717, 1.165) is 30.4 Å². The Morgan fingerprint density at radius 2 is 2.00 bits per heavy atom. The maximum atomic E-state index is 9.42. The zero-order valence-electron chi connectivity index (χ0n) is 13.1. The van der Waals surface area contributed by atoms with Crippen LogP contribution in [-0.2, 0) is 5.41 Å². The quantitative estimate of drug-likeness (QED) is 0.907. The van der Waals surface area contributed by atoms with Gasteiger partial charge in [0.05, 0.1) is 0 Å². The van der Waals surface area contributed by atoms with Crippen LogP contribution < -0.4 is 4.90 Å². The van der Waals surface area contributed by atoms with Crippen LogP contribution in [0.2, 0.25) is 0 Å². The molecule has 1 N–H and O–H groups in total. The molecule has 6 heteroatoms. The van der Waals surface area contributed by atoms with Gasteiger partial charge in [-0.25, -0.2) is 0 Å². The second-order valence-electron chi connectivity index (χ2n) is 7.06. The molecule has 0 saturated carbocycles. The molecule has 0 amide bonds. The van der Waals surface area contributed by atoms with Crippen LogP contribution in [0.15, 0.2) is 12.1 Å². The van der Waals surface area contributed by atoms with Gasteiger partial charge in [0, 0.05) is 31.0 Å². The summed E-state index contributed by atoms with van der Waals surface area (Å²) in [5, 5.41) is 22.6. The second kappa shape index (κ2) is 4.94. The SMILES string of the molecule is C[C@@H]1CN(c2ccc3nnc(C(C)(C)C)n3n2)C[C@H]1CO. The van der Waals surface area contributed by atoms with E-state index in [1.165, 1.54) is 0 Å². The predicted octanol–water partition coefficient (Wildman–Crippen LogP) is 1.49. The molecule has 2 atom stereocenters. The van der Waals surface area contributed by atoms with Crippen molar-refractivity contribution in [1.29, 1.82) is 0 Å². The van der Waals surface area contributed by atoms with Crippen LogP contribution in [0.25, 0.3) is 5.65 Å². The predicted molar refractivity (Wildman–Crippen MR) is 81.4 cm³/mol. The standard InChI is InChI=1S/C15H23N5O/c1-10-7-19(8-11(10)9-21)13-6-5-12-16-17-14(15(2,3)4)20(12)18-13/h5-6,10-11,21H,7-9H2,1-4H3/t10-,11+/m1/s1. The lowest BCUT2D eigenvalue weighted by Gasteiger charge is -2.19. The second-order valence-corrected chi connectivity index (χ2v) is 7.06. The molecule has 0 bridgehead atoms. The summed E-state index contributed by atoms with van der Waals surface area (Å²) in [7, 11) is 0. The van der Waals surface area contributed by atoms with E-state index in [1.807, 2.05) is 16.6 Å². The van der Waals surface area contributed by atoms with Crippen molar-refractivity contribution in [2.45, 2.75) is 33.1 Å². The number of aliphatic hydroxyl groups is 1. The number of aliphatic hydroxyl groups excluding tert-OH is 1. The van der Waals surface area contributed by atoms with Crippen molar-refractivity contribution in [1.82, 2.24) is 19.8 Å². The minimum Gasteiger partial charge on any atom is -0.396 e. The first kappa shape index (κ1) is 14.3. The average Bonchev–Trinajstić information content (AvgIpc) is 3.00. The fraction of sp³-hybridized carbons (Fsp3) is 0.667. The largest absolute Gasteiger partial charge is 0.396 e. The smallest absolute Gasteiger partial charge is 0.178 e. The maximum absolute atomic E-state index is 9.42. The highest BCUT2D eigenvalue weighted by Crippen LogP contribution is 2.27. The van der Waals surface area contributed by atoms with Crippen LogP contribution in [0, 0.1) is 11.8 Å². The summed E-state index contributed by atoms with van der Waals surface area (Å²) < 4.78 is 1.84. The molecule has 1 saturated heterocycles. The van der Waals surface area contributed by atoms with E-state index >= 15 is 0 Å². The van der Waals surface area contributed by atoms with Crippen molar-refractivity contribution in [3.63, 3.8) is 0 Å². The van der Waals surface area contributed by atoms with E-state index in [1.54, 1.807) is 0 Å². The Kier molecular flexibility index (Phi) is 3.36. The Balaban J connectivity index is 1.98. The number of rotatable bonds is 2. The highest BCUT2D eigenvalue weighted by atomic mass is 16.3. The van der Waals surface area contributed by atoms with Gasteiger partial charge in [0.25, 0.3) is 0 Å². The number of nitrogens with zero attached hydrogens (tertiary/aromatic N) is 5. The van der Waals surface area contributed by atoms with Crippen LogP contribution in [-0.4, -0.2) is 44.6 Å². The lowest BCUT2D eigenvalue weighted by molar-refractivity contribution is 0.212. The van der Waals surface area contributed by atoms with Gasteiger partial charge in [-0.2, -0.15) is 4.52 Å². The number of fused-ring (bicyclic) bond motifs is 1. The first-order valence-electron chi connectivity index (χ1n) is 7.49. The molecule has 0 aliphatic carbocycles. The van der Waals surface area contributed by atoms with Gasteiger partial charge in [-0.1, -0.05) is 27.7 Å². The highest BCUT2D eigenvalue weighted by molar-refractivity contribution is 5.47. The summed E-state index contributed by atoms with van der Waals surface area (Å²) in [6.45, 7) is 10.5. The van der Waals surface area contributed by atoms with Crippen molar-refractivity contribution in [2.24, 2.45) is 11.8 Å². The van der Waals surface area contributed by atoms with Gasteiger partial charge >= 0.3 is 0 Å².